The highest BCUT2D eigenvalue weighted by atomic mass is 32.2. The molecule has 0 aliphatic rings. The fourth-order valence-corrected chi connectivity index (χ4v) is 5.22. The zero-order chi connectivity index (χ0) is 25.9. The van der Waals surface area contributed by atoms with E-state index in [2.05, 4.69) is 18.2 Å². The zero-order valence-corrected chi connectivity index (χ0v) is 21.4. The molecule has 4 aromatic carbocycles. The summed E-state index contributed by atoms with van der Waals surface area (Å²) in [6, 6.07) is 31.4. The predicted molar refractivity (Wildman–Crippen MR) is 146 cm³/mol. The number of carbonyl (C=O) groups is 2. The highest BCUT2D eigenvalue weighted by molar-refractivity contribution is 7.86. The van der Waals surface area contributed by atoms with Crippen LogP contribution in [0.15, 0.2) is 97.1 Å². The van der Waals surface area contributed by atoms with Gasteiger partial charge in [-0.2, -0.15) is 0 Å². The van der Waals surface area contributed by atoms with Gasteiger partial charge in [-0.3, -0.25) is 9.00 Å². The maximum Gasteiger partial charge on any atom is 0.230 e. The number of benzene rings is 4. The normalized spacial score (nSPS) is 11.4. The molecule has 0 radical (unpaired) electrons. The molecular formula is C30H31NO4S. The number of amides is 1. The molecule has 6 heteroatoms. The lowest BCUT2D eigenvalue weighted by atomic mass is 10.0. The number of hydrogen-bond acceptors (Lipinski definition) is 4. The van der Waals surface area contributed by atoms with E-state index in [1.54, 1.807) is 14.0 Å². The van der Waals surface area contributed by atoms with Gasteiger partial charge < -0.3 is 15.3 Å². The lowest BCUT2D eigenvalue weighted by Gasteiger charge is -2.16. The van der Waals surface area contributed by atoms with E-state index in [9.17, 15) is 13.8 Å². The molecule has 0 saturated carbocycles. The van der Waals surface area contributed by atoms with Crippen molar-refractivity contribution in [3.63, 3.8) is 0 Å². The molecule has 0 bridgehead atoms. The third kappa shape index (κ3) is 7.89. The Bertz CT molecular complexity index is 1280. The van der Waals surface area contributed by atoms with Crippen molar-refractivity contribution in [2.45, 2.75) is 25.0 Å². The van der Waals surface area contributed by atoms with Gasteiger partial charge in [0.25, 0.3) is 0 Å². The second kappa shape index (κ2) is 13.4. The number of fused-ring (bicyclic) bond motifs is 1. The SMILES string of the molecule is COc1ccc2cc(CCC(C)=O)ccc2c1.NC(=O)CS(=O)C(c1ccccc1)c1ccccc1. The Morgan fingerprint density at radius 3 is 1.92 bits per heavy atom. The van der Waals surface area contributed by atoms with Crippen molar-refractivity contribution in [3.05, 3.63) is 114 Å². The molecule has 0 saturated heterocycles. The van der Waals surface area contributed by atoms with Gasteiger partial charge in [0.2, 0.25) is 5.91 Å². The average molecular weight is 502 g/mol. The molecule has 4 aromatic rings. The second-order valence-corrected chi connectivity index (χ2v) is 9.96. The number of hydrogen-bond donors (Lipinski definition) is 1. The number of aryl methyl sites for hydroxylation is 1. The van der Waals surface area contributed by atoms with E-state index < -0.39 is 16.7 Å². The van der Waals surface area contributed by atoms with Crippen LogP contribution in [0.2, 0.25) is 0 Å². The van der Waals surface area contributed by atoms with E-state index >= 15 is 0 Å². The summed E-state index contributed by atoms with van der Waals surface area (Å²) in [6.45, 7) is 1.63. The Labute approximate surface area is 214 Å². The van der Waals surface area contributed by atoms with E-state index in [-0.39, 0.29) is 16.8 Å². The summed E-state index contributed by atoms with van der Waals surface area (Å²) in [5.41, 5.74) is 8.21. The molecule has 5 nitrogen and oxygen atoms in total. The number of ether oxygens (including phenoxy) is 1. The quantitative estimate of drug-likeness (QED) is 0.334. The molecule has 2 N–H and O–H groups in total. The van der Waals surface area contributed by atoms with Gasteiger partial charge in [0.1, 0.15) is 17.3 Å². The topological polar surface area (TPSA) is 86.5 Å². The molecule has 0 spiro atoms. The van der Waals surface area contributed by atoms with Crippen LogP contribution in [0.4, 0.5) is 0 Å². The van der Waals surface area contributed by atoms with E-state index in [0.717, 1.165) is 28.7 Å². The average Bonchev–Trinajstić information content (AvgIpc) is 2.88. The van der Waals surface area contributed by atoms with Gasteiger partial charge in [0, 0.05) is 17.2 Å². The number of ketones is 1. The summed E-state index contributed by atoms with van der Waals surface area (Å²) in [5.74, 6) is 0.429. The monoisotopic (exact) mass is 501 g/mol. The van der Waals surface area contributed by atoms with Crippen molar-refractivity contribution in [1.29, 1.82) is 0 Å². The Morgan fingerprint density at radius 1 is 0.833 bits per heavy atom. The highest BCUT2D eigenvalue weighted by Crippen LogP contribution is 2.28. The molecule has 0 aliphatic carbocycles. The summed E-state index contributed by atoms with van der Waals surface area (Å²) in [7, 11) is 0.305. The van der Waals surface area contributed by atoms with Crippen LogP contribution in [0.25, 0.3) is 10.8 Å². The minimum atomic E-state index is -1.36. The standard InChI is InChI=1S/C15H15NO2S.C15H16O2/c16-14(17)11-19(18)15(12-7-3-1-4-8-12)13-9-5-2-6-10-13;1-11(16)3-4-12-5-6-14-10-15(17-2)8-7-13(14)9-12/h1-10,15H,11H2,(H2,16,17);5-10H,3-4H2,1-2H3. The molecule has 4 rings (SSSR count). The van der Waals surface area contributed by atoms with E-state index in [0.29, 0.717) is 6.42 Å². The molecule has 1 unspecified atom stereocenters. The van der Waals surface area contributed by atoms with Crippen molar-refractivity contribution in [3.8, 4) is 5.75 Å². The van der Waals surface area contributed by atoms with Crippen LogP contribution in [0.5, 0.6) is 5.75 Å². The zero-order valence-electron chi connectivity index (χ0n) is 20.6. The Balaban J connectivity index is 0.000000202. The van der Waals surface area contributed by atoms with Gasteiger partial charge in [0.15, 0.2) is 0 Å². The molecular weight excluding hydrogens is 470 g/mol. The van der Waals surface area contributed by atoms with E-state index in [4.69, 9.17) is 10.5 Å². The summed E-state index contributed by atoms with van der Waals surface area (Å²) in [4.78, 5) is 22.0. The fraction of sp³-hybridized carbons (Fsp3) is 0.200. The maximum absolute atomic E-state index is 12.4. The van der Waals surface area contributed by atoms with Crippen LogP contribution in [0.1, 0.15) is 35.3 Å². The van der Waals surface area contributed by atoms with Gasteiger partial charge in [-0.05, 0) is 52.9 Å². The van der Waals surface area contributed by atoms with Crippen LogP contribution in [0, 0.1) is 0 Å². The third-order valence-corrected chi connectivity index (χ3v) is 7.27. The summed E-state index contributed by atoms with van der Waals surface area (Å²) >= 11 is 0. The van der Waals surface area contributed by atoms with Gasteiger partial charge in [-0.25, -0.2) is 0 Å². The minimum Gasteiger partial charge on any atom is -0.497 e. The number of Topliss-reactive ketones (excluding diaryl/α,β-unsaturated/α-hetero) is 1. The number of carbonyl (C=O) groups excluding carboxylic acids is 2. The van der Waals surface area contributed by atoms with Crippen LogP contribution in [0.3, 0.4) is 0 Å². The van der Waals surface area contributed by atoms with Crippen LogP contribution in [-0.4, -0.2) is 28.8 Å². The third-order valence-electron chi connectivity index (χ3n) is 5.63. The summed E-state index contributed by atoms with van der Waals surface area (Å²) < 4.78 is 17.6. The molecule has 1 atom stereocenters. The van der Waals surface area contributed by atoms with Gasteiger partial charge in [0.05, 0.1) is 12.4 Å². The summed E-state index contributed by atoms with van der Waals surface area (Å²) in [5, 5.41) is 2.03. The molecule has 36 heavy (non-hydrogen) atoms. The first-order valence-electron chi connectivity index (χ1n) is 11.7. The number of methoxy groups -OCH3 is 1. The predicted octanol–water partition coefficient (Wildman–Crippen LogP) is 5.38. The minimum absolute atomic E-state index is 0.131. The smallest absolute Gasteiger partial charge is 0.230 e. The Kier molecular flexibility index (Phi) is 9.95. The second-order valence-electron chi connectivity index (χ2n) is 8.44. The van der Waals surface area contributed by atoms with Gasteiger partial charge in [-0.15, -0.1) is 0 Å². The first-order valence-corrected chi connectivity index (χ1v) is 13.1. The number of primary amides is 1. The molecule has 0 aromatic heterocycles. The van der Waals surface area contributed by atoms with Crippen molar-refractivity contribution in [2.75, 3.05) is 12.9 Å². The molecule has 186 valence electrons. The van der Waals surface area contributed by atoms with Crippen molar-refractivity contribution >= 4 is 33.3 Å². The number of nitrogens with two attached hydrogens (primary N) is 1. The van der Waals surface area contributed by atoms with Crippen LogP contribution >= 0.6 is 0 Å². The van der Waals surface area contributed by atoms with Crippen LogP contribution < -0.4 is 10.5 Å². The number of rotatable bonds is 9. The molecule has 0 aliphatic heterocycles. The Hall–Kier alpha value is -3.77. The maximum atomic E-state index is 12.4. The van der Waals surface area contributed by atoms with Gasteiger partial charge in [-0.1, -0.05) is 84.9 Å². The molecule has 0 fully saturated rings. The molecule has 0 heterocycles. The van der Waals surface area contributed by atoms with Crippen molar-refractivity contribution in [2.24, 2.45) is 5.73 Å². The summed E-state index contributed by atoms with van der Waals surface area (Å²) in [6.07, 6.45) is 1.43. The van der Waals surface area contributed by atoms with Gasteiger partial charge >= 0.3 is 0 Å². The first kappa shape index (κ1) is 26.8. The van der Waals surface area contributed by atoms with Crippen molar-refractivity contribution < 1.29 is 18.5 Å². The van der Waals surface area contributed by atoms with E-state index in [1.807, 2.05) is 78.9 Å². The largest absolute Gasteiger partial charge is 0.497 e. The first-order chi connectivity index (χ1) is 17.4. The van der Waals surface area contributed by atoms with E-state index in [1.165, 1.54) is 10.9 Å². The molecule has 1 amide bonds. The lowest BCUT2D eigenvalue weighted by molar-refractivity contribution is -0.117. The highest BCUT2D eigenvalue weighted by Gasteiger charge is 2.22. The Morgan fingerprint density at radius 2 is 1.39 bits per heavy atom. The van der Waals surface area contributed by atoms with Crippen molar-refractivity contribution in [1.82, 2.24) is 0 Å². The lowest BCUT2D eigenvalue weighted by Crippen LogP contribution is -2.23. The van der Waals surface area contributed by atoms with Crippen LogP contribution in [-0.2, 0) is 26.8 Å². The fourth-order valence-electron chi connectivity index (χ4n) is 3.85.